The molecule has 3 aromatic carbocycles. The number of aliphatic hydroxyl groups excluding tert-OH is 1. The summed E-state index contributed by atoms with van der Waals surface area (Å²) in [5, 5.41) is 33.0. The number of cyclic esters (lactones) is 1. The number of phenols is 1. The SMILES string of the molecule is Cc1cc(SC2=C(O)CC(CCc3ccc(O)cc3)(C(C)C)OC2=O)c(C(C)(C)C)cc1NC(=O)c1cccc(C#N)c1. The molecule has 1 heterocycles. The molecule has 0 aromatic heterocycles. The molecular formula is C35H38N2O5S. The lowest BCUT2D eigenvalue weighted by Gasteiger charge is -2.40. The third-order valence-corrected chi connectivity index (χ3v) is 9.05. The van der Waals surface area contributed by atoms with Gasteiger partial charge in [-0.3, -0.25) is 4.79 Å². The number of nitrogens with one attached hydrogen (secondary N) is 1. The summed E-state index contributed by atoms with van der Waals surface area (Å²) in [7, 11) is 0. The van der Waals surface area contributed by atoms with Crippen molar-refractivity contribution in [2.75, 3.05) is 5.32 Å². The number of nitriles is 1. The third-order valence-electron chi connectivity index (χ3n) is 7.88. The normalized spacial score (nSPS) is 17.0. The quantitative estimate of drug-likeness (QED) is 0.225. The fourth-order valence-corrected chi connectivity index (χ4v) is 6.38. The first-order chi connectivity index (χ1) is 20.2. The molecule has 0 aliphatic carbocycles. The van der Waals surface area contributed by atoms with E-state index in [1.807, 2.05) is 65.8 Å². The Labute approximate surface area is 257 Å². The van der Waals surface area contributed by atoms with Gasteiger partial charge in [0.25, 0.3) is 5.91 Å². The van der Waals surface area contributed by atoms with Crippen LogP contribution in [0.2, 0.25) is 0 Å². The van der Waals surface area contributed by atoms with Crippen LogP contribution in [0.1, 0.15) is 80.1 Å². The Hall–Kier alpha value is -4.22. The number of thioether (sulfide) groups is 1. The highest BCUT2D eigenvalue weighted by molar-refractivity contribution is 8.04. The molecule has 0 radical (unpaired) electrons. The average molecular weight is 599 g/mol. The Kier molecular flexibility index (Phi) is 9.26. The van der Waals surface area contributed by atoms with Crippen molar-refractivity contribution >= 4 is 29.3 Å². The number of phenolic OH excluding ortho intramolecular Hbond substituents is 1. The monoisotopic (exact) mass is 598 g/mol. The van der Waals surface area contributed by atoms with Gasteiger partial charge in [-0.2, -0.15) is 5.26 Å². The molecular weight excluding hydrogens is 560 g/mol. The highest BCUT2D eigenvalue weighted by Gasteiger charge is 2.44. The van der Waals surface area contributed by atoms with E-state index in [0.29, 0.717) is 29.7 Å². The van der Waals surface area contributed by atoms with Gasteiger partial charge in [-0.05, 0) is 90.3 Å². The summed E-state index contributed by atoms with van der Waals surface area (Å²) < 4.78 is 6.13. The van der Waals surface area contributed by atoms with E-state index in [2.05, 4.69) is 11.4 Å². The second-order valence-corrected chi connectivity index (χ2v) is 13.4. The summed E-state index contributed by atoms with van der Waals surface area (Å²) in [5.41, 5.74) is 2.89. The molecule has 8 heteroatoms. The second-order valence-electron chi connectivity index (χ2n) is 12.4. The van der Waals surface area contributed by atoms with Crippen LogP contribution in [-0.2, 0) is 21.4 Å². The van der Waals surface area contributed by atoms with Crippen LogP contribution in [0.3, 0.4) is 0 Å². The molecule has 1 aliphatic heterocycles. The van der Waals surface area contributed by atoms with Crippen molar-refractivity contribution in [1.29, 1.82) is 5.26 Å². The minimum absolute atomic E-state index is 0.00734. The van der Waals surface area contributed by atoms with Crippen molar-refractivity contribution in [2.45, 2.75) is 76.7 Å². The Morgan fingerprint density at radius 2 is 1.81 bits per heavy atom. The van der Waals surface area contributed by atoms with Crippen molar-refractivity contribution < 1.29 is 24.5 Å². The van der Waals surface area contributed by atoms with Crippen molar-refractivity contribution in [3.05, 3.63) is 99.1 Å². The van der Waals surface area contributed by atoms with E-state index in [-0.39, 0.29) is 40.1 Å². The standard InChI is InChI=1S/C35H38N2O5S/c1-21(2)35(15-14-23-10-12-26(38)13-11-23)19-29(39)31(33(41)42-35)43-30-16-22(3)28(18-27(30)34(4,5)6)37-32(40)25-9-7-8-24(17-25)20-36/h7-13,16-18,21,38-39H,14-15,19H2,1-6H3,(H,37,40). The zero-order chi connectivity index (χ0) is 31.5. The number of aromatic hydroxyl groups is 1. The molecule has 43 heavy (non-hydrogen) atoms. The van der Waals surface area contributed by atoms with E-state index in [9.17, 15) is 25.1 Å². The maximum absolute atomic E-state index is 13.5. The molecule has 3 aromatic rings. The third kappa shape index (κ3) is 7.23. The summed E-state index contributed by atoms with van der Waals surface area (Å²) in [6, 6.07) is 19.4. The number of esters is 1. The van der Waals surface area contributed by atoms with Crippen LogP contribution in [0.25, 0.3) is 0 Å². The van der Waals surface area contributed by atoms with Crippen LogP contribution in [-0.4, -0.2) is 27.7 Å². The van der Waals surface area contributed by atoms with Crippen LogP contribution in [0.5, 0.6) is 5.75 Å². The molecule has 7 nitrogen and oxygen atoms in total. The summed E-state index contributed by atoms with van der Waals surface area (Å²) >= 11 is 1.18. The van der Waals surface area contributed by atoms with E-state index < -0.39 is 11.6 Å². The van der Waals surface area contributed by atoms with Gasteiger partial charge in [-0.15, -0.1) is 0 Å². The second kappa shape index (κ2) is 12.6. The number of aryl methyl sites for hydroxylation is 2. The zero-order valence-electron chi connectivity index (χ0n) is 25.4. The largest absolute Gasteiger partial charge is 0.511 e. The fourth-order valence-electron chi connectivity index (χ4n) is 5.14. The number of benzene rings is 3. The van der Waals surface area contributed by atoms with Crippen LogP contribution >= 0.6 is 11.8 Å². The lowest BCUT2D eigenvalue weighted by atomic mass is 9.80. The van der Waals surface area contributed by atoms with Crippen molar-refractivity contribution in [1.82, 2.24) is 0 Å². The number of hydrogen-bond acceptors (Lipinski definition) is 7. The van der Waals surface area contributed by atoms with Crippen molar-refractivity contribution in [3.8, 4) is 11.8 Å². The number of amides is 1. The van der Waals surface area contributed by atoms with Crippen molar-refractivity contribution in [2.24, 2.45) is 5.92 Å². The average Bonchev–Trinajstić information content (AvgIpc) is 2.95. The van der Waals surface area contributed by atoms with E-state index in [1.165, 1.54) is 11.8 Å². The number of carbonyl (C=O) groups is 2. The van der Waals surface area contributed by atoms with E-state index in [0.717, 1.165) is 21.6 Å². The number of nitrogens with zero attached hydrogens (tertiary/aromatic N) is 1. The molecule has 0 fully saturated rings. The van der Waals surface area contributed by atoms with Gasteiger partial charge in [0.15, 0.2) is 0 Å². The van der Waals surface area contributed by atoms with Crippen molar-refractivity contribution in [3.63, 3.8) is 0 Å². The first-order valence-electron chi connectivity index (χ1n) is 14.3. The van der Waals surface area contributed by atoms with E-state index >= 15 is 0 Å². The number of rotatable bonds is 8. The zero-order valence-corrected chi connectivity index (χ0v) is 26.3. The Balaban J connectivity index is 1.61. The number of ether oxygens (including phenoxy) is 1. The molecule has 0 saturated heterocycles. The molecule has 4 rings (SSSR count). The highest BCUT2D eigenvalue weighted by Crippen LogP contribution is 2.46. The molecule has 1 aliphatic rings. The summed E-state index contributed by atoms with van der Waals surface area (Å²) in [6.07, 6.45) is 1.36. The van der Waals surface area contributed by atoms with E-state index in [4.69, 9.17) is 4.74 Å². The summed E-state index contributed by atoms with van der Waals surface area (Å²) in [5.74, 6) is -0.715. The minimum Gasteiger partial charge on any atom is -0.511 e. The number of carbonyl (C=O) groups excluding carboxylic acids is 2. The van der Waals surface area contributed by atoms with Gasteiger partial charge in [0.2, 0.25) is 0 Å². The predicted octanol–water partition coefficient (Wildman–Crippen LogP) is 7.96. The van der Waals surface area contributed by atoms with Gasteiger partial charge in [-0.25, -0.2) is 4.79 Å². The lowest BCUT2D eigenvalue weighted by Crippen LogP contribution is -2.44. The molecule has 1 atom stereocenters. The molecule has 3 N–H and O–H groups in total. The smallest absolute Gasteiger partial charge is 0.349 e. The number of hydrogen-bond donors (Lipinski definition) is 3. The molecule has 1 unspecified atom stereocenters. The van der Waals surface area contributed by atoms with Gasteiger partial charge in [0, 0.05) is 22.6 Å². The highest BCUT2D eigenvalue weighted by atomic mass is 32.2. The van der Waals surface area contributed by atoms with Crippen LogP contribution < -0.4 is 5.32 Å². The molecule has 0 spiro atoms. The van der Waals surface area contributed by atoms with E-state index in [1.54, 1.807) is 36.4 Å². The fraction of sp³-hybridized carbons (Fsp3) is 0.343. The topological polar surface area (TPSA) is 120 Å². The Morgan fingerprint density at radius 1 is 1.12 bits per heavy atom. The van der Waals surface area contributed by atoms with Gasteiger partial charge < -0.3 is 20.3 Å². The first kappa shape index (κ1) is 31.7. The summed E-state index contributed by atoms with van der Waals surface area (Å²) in [4.78, 5) is 27.4. The Bertz CT molecular complexity index is 1610. The molecule has 1 amide bonds. The first-order valence-corrected chi connectivity index (χ1v) is 15.1. The molecule has 0 bridgehead atoms. The Morgan fingerprint density at radius 3 is 2.42 bits per heavy atom. The lowest BCUT2D eigenvalue weighted by molar-refractivity contribution is -0.164. The maximum atomic E-state index is 13.5. The molecule has 0 saturated carbocycles. The molecule has 224 valence electrons. The minimum atomic E-state index is -0.858. The number of anilines is 1. The van der Waals surface area contributed by atoms with Crippen LogP contribution in [0.4, 0.5) is 5.69 Å². The van der Waals surface area contributed by atoms with Crippen LogP contribution in [0.15, 0.2) is 76.2 Å². The van der Waals surface area contributed by atoms with Gasteiger partial charge >= 0.3 is 5.97 Å². The maximum Gasteiger partial charge on any atom is 0.349 e. The predicted molar refractivity (Wildman–Crippen MR) is 169 cm³/mol. The van der Waals surface area contributed by atoms with Gasteiger partial charge in [0.1, 0.15) is 22.0 Å². The van der Waals surface area contributed by atoms with Gasteiger partial charge in [0.05, 0.1) is 11.6 Å². The number of aliphatic hydroxyl groups is 1. The van der Waals surface area contributed by atoms with Gasteiger partial charge in [-0.1, -0.05) is 64.6 Å². The summed E-state index contributed by atoms with van der Waals surface area (Å²) in [6.45, 7) is 12.0. The van der Waals surface area contributed by atoms with Crippen LogP contribution in [0, 0.1) is 24.2 Å².